The molecule has 118 valence electrons. The number of fused-ring (bicyclic) bond motifs is 4. The molecule has 5 rings (SSSR count). The SMILES string of the molecule is O=C1O/C(=C\c2ccc3c(ccc4ccccc43)n2)c2ccccc21. The molecule has 3 aromatic carbocycles. The minimum Gasteiger partial charge on any atom is -0.422 e. The molecule has 1 aromatic heterocycles. The summed E-state index contributed by atoms with van der Waals surface area (Å²) in [6.45, 7) is 0. The quantitative estimate of drug-likeness (QED) is 0.363. The van der Waals surface area contributed by atoms with Crippen LogP contribution in [0.1, 0.15) is 21.6 Å². The van der Waals surface area contributed by atoms with Crippen molar-refractivity contribution in [3.63, 3.8) is 0 Å². The molecule has 3 nitrogen and oxygen atoms in total. The number of rotatable bonds is 1. The predicted molar refractivity (Wildman–Crippen MR) is 99.0 cm³/mol. The van der Waals surface area contributed by atoms with Crippen LogP contribution in [-0.4, -0.2) is 11.0 Å². The zero-order chi connectivity index (χ0) is 16.8. The summed E-state index contributed by atoms with van der Waals surface area (Å²) in [6, 6.07) is 23.8. The third kappa shape index (κ3) is 2.21. The molecule has 1 aliphatic heterocycles. The van der Waals surface area contributed by atoms with Crippen molar-refractivity contribution in [1.29, 1.82) is 0 Å². The van der Waals surface area contributed by atoms with Crippen LogP contribution in [0.3, 0.4) is 0 Å². The van der Waals surface area contributed by atoms with E-state index in [0.29, 0.717) is 11.3 Å². The van der Waals surface area contributed by atoms with Crippen LogP contribution in [-0.2, 0) is 4.74 Å². The Labute approximate surface area is 144 Å². The molecule has 0 aliphatic carbocycles. The lowest BCUT2D eigenvalue weighted by Gasteiger charge is -2.05. The third-order valence-corrected chi connectivity index (χ3v) is 4.51. The van der Waals surface area contributed by atoms with Crippen LogP contribution >= 0.6 is 0 Å². The number of esters is 1. The minimum absolute atomic E-state index is 0.311. The van der Waals surface area contributed by atoms with E-state index in [1.54, 1.807) is 6.07 Å². The molecule has 4 aromatic rings. The highest BCUT2D eigenvalue weighted by Crippen LogP contribution is 2.31. The van der Waals surface area contributed by atoms with Gasteiger partial charge >= 0.3 is 5.97 Å². The van der Waals surface area contributed by atoms with Gasteiger partial charge in [0.25, 0.3) is 0 Å². The molecule has 0 fully saturated rings. The molecule has 0 bridgehead atoms. The van der Waals surface area contributed by atoms with Crippen molar-refractivity contribution >= 4 is 39.5 Å². The fraction of sp³-hybridized carbons (Fsp3) is 0. The Hall–Kier alpha value is -3.46. The van der Waals surface area contributed by atoms with Crippen LogP contribution in [0.5, 0.6) is 0 Å². The summed E-state index contributed by atoms with van der Waals surface area (Å²) in [5.41, 5.74) is 3.10. The largest absolute Gasteiger partial charge is 0.422 e. The second-order valence-corrected chi connectivity index (χ2v) is 6.03. The number of pyridine rings is 1. The number of benzene rings is 3. The lowest BCUT2D eigenvalue weighted by molar-refractivity contribution is 0.0717. The van der Waals surface area contributed by atoms with Gasteiger partial charge in [-0.25, -0.2) is 9.78 Å². The summed E-state index contributed by atoms with van der Waals surface area (Å²) in [7, 11) is 0. The highest BCUT2D eigenvalue weighted by Gasteiger charge is 2.25. The van der Waals surface area contributed by atoms with Gasteiger partial charge in [0.2, 0.25) is 0 Å². The van der Waals surface area contributed by atoms with E-state index in [1.807, 2.05) is 48.5 Å². The summed E-state index contributed by atoms with van der Waals surface area (Å²) in [4.78, 5) is 16.7. The monoisotopic (exact) mass is 323 g/mol. The maximum absolute atomic E-state index is 11.9. The highest BCUT2D eigenvalue weighted by atomic mass is 16.5. The number of cyclic esters (lactones) is 1. The Morgan fingerprint density at radius 1 is 0.760 bits per heavy atom. The van der Waals surface area contributed by atoms with E-state index >= 15 is 0 Å². The molecule has 0 saturated carbocycles. The highest BCUT2D eigenvalue weighted by molar-refractivity contribution is 6.07. The second kappa shape index (κ2) is 5.28. The lowest BCUT2D eigenvalue weighted by atomic mass is 10.0. The van der Waals surface area contributed by atoms with Crippen molar-refractivity contribution in [3.8, 4) is 0 Å². The zero-order valence-electron chi connectivity index (χ0n) is 13.3. The van der Waals surface area contributed by atoms with Crippen molar-refractivity contribution < 1.29 is 9.53 Å². The molecule has 0 N–H and O–H groups in total. The molecule has 25 heavy (non-hydrogen) atoms. The van der Waals surface area contributed by atoms with Crippen LogP contribution in [0.25, 0.3) is 33.5 Å². The maximum atomic E-state index is 11.9. The molecule has 1 aliphatic rings. The Balaban J connectivity index is 1.65. The molecule has 3 heteroatoms. The molecule has 0 amide bonds. The molecule has 0 radical (unpaired) electrons. The van der Waals surface area contributed by atoms with E-state index < -0.39 is 0 Å². The second-order valence-electron chi connectivity index (χ2n) is 6.03. The van der Waals surface area contributed by atoms with Crippen molar-refractivity contribution in [2.24, 2.45) is 0 Å². The minimum atomic E-state index is -0.311. The fourth-order valence-corrected chi connectivity index (χ4v) is 3.31. The normalized spacial score (nSPS) is 14.9. The first-order valence-corrected chi connectivity index (χ1v) is 8.11. The van der Waals surface area contributed by atoms with Crippen LogP contribution in [0.4, 0.5) is 0 Å². The average Bonchev–Trinajstić information content (AvgIpc) is 2.97. The van der Waals surface area contributed by atoms with Gasteiger partial charge in [-0.2, -0.15) is 0 Å². The molecular formula is C22H13NO2. The first-order valence-electron chi connectivity index (χ1n) is 8.11. The van der Waals surface area contributed by atoms with Gasteiger partial charge in [-0.05, 0) is 29.0 Å². The summed E-state index contributed by atoms with van der Waals surface area (Å²) in [5, 5.41) is 3.50. The van der Waals surface area contributed by atoms with Gasteiger partial charge in [0, 0.05) is 17.0 Å². The summed E-state index contributed by atoms with van der Waals surface area (Å²) in [6.07, 6.45) is 1.82. The summed E-state index contributed by atoms with van der Waals surface area (Å²) >= 11 is 0. The number of aromatic nitrogens is 1. The summed E-state index contributed by atoms with van der Waals surface area (Å²) < 4.78 is 5.40. The van der Waals surface area contributed by atoms with Gasteiger partial charge < -0.3 is 4.74 Å². The van der Waals surface area contributed by atoms with Crippen LogP contribution in [0.15, 0.2) is 72.8 Å². The zero-order valence-corrected chi connectivity index (χ0v) is 13.3. The maximum Gasteiger partial charge on any atom is 0.344 e. The number of hydrogen-bond donors (Lipinski definition) is 0. The van der Waals surface area contributed by atoms with Crippen LogP contribution < -0.4 is 0 Å². The number of nitrogens with zero attached hydrogens (tertiary/aromatic N) is 1. The smallest absolute Gasteiger partial charge is 0.344 e. The summed E-state index contributed by atoms with van der Waals surface area (Å²) in [5.74, 6) is 0.238. The fourth-order valence-electron chi connectivity index (χ4n) is 3.31. The van der Waals surface area contributed by atoms with Crippen molar-refractivity contribution in [1.82, 2.24) is 4.98 Å². The number of ether oxygens (including phenoxy) is 1. The molecule has 0 unspecified atom stereocenters. The van der Waals surface area contributed by atoms with E-state index in [0.717, 1.165) is 22.2 Å². The van der Waals surface area contributed by atoms with E-state index in [1.165, 1.54) is 10.8 Å². The Morgan fingerprint density at radius 3 is 2.48 bits per heavy atom. The molecule has 0 saturated heterocycles. The van der Waals surface area contributed by atoms with Crippen molar-refractivity contribution in [2.45, 2.75) is 0 Å². The first-order chi connectivity index (χ1) is 12.3. The van der Waals surface area contributed by atoms with Gasteiger partial charge in [0.1, 0.15) is 5.76 Å². The average molecular weight is 323 g/mol. The van der Waals surface area contributed by atoms with Gasteiger partial charge in [-0.15, -0.1) is 0 Å². The molecule has 0 atom stereocenters. The van der Waals surface area contributed by atoms with Crippen molar-refractivity contribution in [2.75, 3.05) is 0 Å². The van der Waals surface area contributed by atoms with Gasteiger partial charge in [0.15, 0.2) is 0 Å². The predicted octanol–water partition coefficient (Wildman–Crippen LogP) is 5.06. The van der Waals surface area contributed by atoms with E-state index in [-0.39, 0.29) is 5.97 Å². The Kier molecular flexibility index (Phi) is 2.94. The standard InChI is InChI=1S/C22H13NO2/c24-22-19-8-4-3-7-18(19)21(25-22)13-15-10-11-17-16-6-2-1-5-14(16)9-12-20(17)23-15/h1-13H/b21-13-. The molecular weight excluding hydrogens is 310 g/mol. The number of hydrogen-bond acceptors (Lipinski definition) is 3. The van der Waals surface area contributed by atoms with Gasteiger partial charge in [-0.1, -0.05) is 54.6 Å². The van der Waals surface area contributed by atoms with E-state index in [9.17, 15) is 4.79 Å². The first kappa shape index (κ1) is 13.9. The van der Waals surface area contributed by atoms with Crippen LogP contribution in [0, 0.1) is 0 Å². The lowest BCUT2D eigenvalue weighted by Crippen LogP contribution is -1.92. The number of carbonyl (C=O) groups excluding carboxylic acids is 1. The van der Waals surface area contributed by atoms with Gasteiger partial charge in [-0.3, -0.25) is 0 Å². The molecule has 0 spiro atoms. The topological polar surface area (TPSA) is 39.2 Å². The third-order valence-electron chi connectivity index (χ3n) is 4.51. The Morgan fingerprint density at radius 2 is 1.56 bits per heavy atom. The van der Waals surface area contributed by atoms with Crippen LogP contribution in [0.2, 0.25) is 0 Å². The van der Waals surface area contributed by atoms with E-state index in [4.69, 9.17) is 9.72 Å². The van der Waals surface area contributed by atoms with Crippen molar-refractivity contribution in [3.05, 3.63) is 89.6 Å². The Bertz CT molecular complexity index is 1190. The van der Waals surface area contributed by atoms with Gasteiger partial charge in [0.05, 0.1) is 16.8 Å². The number of carbonyl (C=O) groups is 1. The molecule has 2 heterocycles. The van der Waals surface area contributed by atoms with E-state index in [2.05, 4.69) is 24.3 Å².